The molecule has 4 aliphatic rings. The van der Waals surface area contributed by atoms with E-state index >= 15 is 0 Å². The summed E-state index contributed by atoms with van der Waals surface area (Å²) in [5, 5.41) is 13.4. The second-order valence-electron chi connectivity index (χ2n) is 9.46. The lowest BCUT2D eigenvalue weighted by Gasteiger charge is -2.59. The van der Waals surface area contributed by atoms with Crippen molar-refractivity contribution >= 4 is 28.1 Å². The first-order valence-electron chi connectivity index (χ1n) is 10.8. The van der Waals surface area contributed by atoms with Crippen LogP contribution in [0.5, 0.6) is 0 Å². The second kappa shape index (κ2) is 6.66. The van der Waals surface area contributed by atoms with Crippen molar-refractivity contribution in [1.82, 2.24) is 9.88 Å². The van der Waals surface area contributed by atoms with Gasteiger partial charge in [0.25, 0.3) is 0 Å². The third kappa shape index (κ3) is 2.84. The van der Waals surface area contributed by atoms with E-state index in [9.17, 15) is 14.3 Å². The highest BCUT2D eigenvalue weighted by molar-refractivity contribution is 7.10. The summed E-state index contributed by atoms with van der Waals surface area (Å²) in [5.41, 5.74) is 1.04. The molecule has 4 fully saturated rings. The molecule has 2 saturated heterocycles. The lowest BCUT2D eigenvalue weighted by molar-refractivity contribution is -0.174. The van der Waals surface area contributed by atoms with Gasteiger partial charge in [-0.05, 0) is 67.2 Å². The summed E-state index contributed by atoms with van der Waals surface area (Å²) in [7, 11) is 0. The van der Waals surface area contributed by atoms with Crippen molar-refractivity contribution < 1.29 is 14.3 Å². The van der Waals surface area contributed by atoms with E-state index in [1.165, 1.54) is 6.07 Å². The van der Waals surface area contributed by atoms with Gasteiger partial charge in [-0.25, -0.2) is 4.39 Å². The Kier molecular flexibility index (Phi) is 4.12. The summed E-state index contributed by atoms with van der Waals surface area (Å²) in [6, 6.07) is 9.38. The molecule has 2 aliphatic carbocycles. The molecule has 2 saturated carbocycles. The molecule has 7 rings (SSSR count). The van der Waals surface area contributed by atoms with Crippen molar-refractivity contribution in [3.8, 4) is 0 Å². The molecule has 3 aromatic rings. The molecular weight excluding hydrogens is 399 g/mol. The van der Waals surface area contributed by atoms with E-state index in [0.29, 0.717) is 30.6 Å². The zero-order valence-electron chi connectivity index (χ0n) is 16.7. The molecule has 0 radical (unpaired) electrons. The molecule has 156 valence electrons. The Bertz CT molecular complexity index is 1090. The van der Waals surface area contributed by atoms with Crippen LogP contribution in [-0.4, -0.2) is 38.6 Å². The van der Waals surface area contributed by atoms with Gasteiger partial charge in [0, 0.05) is 46.4 Å². The molecule has 30 heavy (non-hydrogen) atoms. The Morgan fingerprint density at radius 3 is 2.73 bits per heavy atom. The quantitative estimate of drug-likeness (QED) is 0.632. The molecule has 2 aliphatic heterocycles. The summed E-state index contributed by atoms with van der Waals surface area (Å²) in [5.74, 6) is 0.252. The molecule has 1 amide bonds. The van der Waals surface area contributed by atoms with Crippen LogP contribution >= 0.6 is 11.3 Å². The van der Waals surface area contributed by atoms with Crippen molar-refractivity contribution in [2.75, 3.05) is 0 Å². The Labute approximate surface area is 178 Å². The maximum absolute atomic E-state index is 14.7. The number of thiophene rings is 1. The highest BCUT2D eigenvalue weighted by atomic mass is 32.1. The molecule has 4 nitrogen and oxygen atoms in total. The van der Waals surface area contributed by atoms with Gasteiger partial charge in [0.05, 0.1) is 5.60 Å². The Morgan fingerprint density at radius 2 is 2.03 bits per heavy atom. The molecular formula is C24H25FN2O2S. The predicted octanol–water partition coefficient (Wildman–Crippen LogP) is 4.79. The van der Waals surface area contributed by atoms with Crippen molar-refractivity contribution in [2.45, 2.75) is 62.1 Å². The number of benzene rings is 1. The number of piperidine rings is 2. The smallest absolute Gasteiger partial charge is 0.224 e. The first-order valence-corrected chi connectivity index (χ1v) is 11.7. The Hall–Kier alpha value is -2.18. The van der Waals surface area contributed by atoms with Crippen LogP contribution in [0.1, 0.15) is 54.9 Å². The van der Waals surface area contributed by atoms with Gasteiger partial charge < -0.3 is 15.0 Å². The Morgan fingerprint density at radius 1 is 1.23 bits per heavy atom. The number of carbonyl (C=O) groups is 1. The molecule has 6 heteroatoms. The Balaban J connectivity index is 1.35. The van der Waals surface area contributed by atoms with Crippen molar-refractivity contribution in [2.24, 2.45) is 5.92 Å². The monoisotopic (exact) mass is 424 g/mol. The fourth-order valence-electron chi connectivity index (χ4n) is 6.57. The minimum Gasteiger partial charge on any atom is -0.390 e. The van der Waals surface area contributed by atoms with E-state index < -0.39 is 5.60 Å². The van der Waals surface area contributed by atoms with Gasteiger partial charge >= 0.3 is 0 Å². The van der Waals surface area contributed by atoms with Crippen LogP contribution < -0.4 is 0 Å². The first-order chi connectivity index (χ1) is 14.5. The van der Waals surface area contributed by atoms with Gasteiger partial charge in [-0.15, -0.1) is 11.3 Å². The lowest BCUT2D eigenvalue weighted by Crippen LogP contribution is -2.65. The number of aliphatic hydroxyl groups is 1. The van der Waals surface area contributed by atoms with E-state index in [2.05, 4.69) is 9.88 Å². The summed E-state index contributed by atoms with van der Waals surface area (Å²) < 4.78 is 14.7. The fraction of sp³-hybridized carbons (Fsp3) is 0.458. The molecule has 0 spiro atoms. The lowest BCUT2D eigenvalue weighted by atomic mass is 9.61. The van der Waals surface area contributed by atoms with Crippen LogP contribution in [0, 0.1) is 11.7 Å². The topological polar surface area (TPSA) is 56.3 Å². The molecule has 2 aromatic heterocycles. The van der Waals surface area contributed by atoms with E-state index in [4.69, 9.17) is 0 Å². The van der Waals surface area contributed by atoms with Gasteiger partial charge in [-0.3, -0.25) is 4.79 Å². The average Bonchev–Trinajstić information content (AvgIpc) is 3.35. The van der Waals surface area contributed by atoms with Crippen molar-refractivity contribution in [3.05, 3.63) is 58.2 Å². The molecule has 1 aromatic carbocycles. The van der Waals surface area contributed by atoms with E-state index in [0.717, 1.165) is 35.2 Å². The number of aromatic nitrogens is 1. The number of fused-ring (bicyclic) bond motifs is 1. The van der Waals surface area contributed by atoms with E-state index in [1.807, 2.05) is 29.8 Å². The first kappa shape index (κ1) is 18.6. The fourth-order valence-corrected chi connectivity index (χ4v) is 7.41. The second-order valence-corrected chi connectivity index (χ2v) is 10.4. The third-order valence-corrected chi connectivity index (χ3v) is 8.50. The zero-order chi connectivity index (χ0) is 20.5. The number of carbonyl (C=O) groups excluding carboxylic acids is 1. The molecule has 4 bridgehead atoms. The molecule has 3 unspecified atom stereocenters. The summed E-state index contributed by atoms with van der Waals surface area (Å²) in [4.78, 5) is 20.0. The number of halogens is 1. The molecule has 4 heterocycles. The highest BCUT2D eigenvalue weighted by Crippen LogP contribution is 2.52. The minimum atomic E-state index is -0.569. The van der Waals surface area contributed by atoms with Gasteiger partial charge in [0.2, 0.25) is 5.91 Å². The van der Waals surface area contributed by atoms with Crippen LogP contribution in [0.4, 0.5) is 4.39 Å². The number of nitrogens with one attached hydrogen (secondary N) is 1. The normalized spacial score (nSPS) is 30.9. The SMILES string of the molecule is O=C(CC(c1cccs1)c1c[nH]c2cccc(F)c12)N1C2CC3CC1CC(O)(C3)C2. The van der Waals surface area contributed by atoms with Crippen molar-refractivity contribution in [1.29, 1.82) is 0 Å². The van der Waals surface area contributed by atoms with Crippen LogP contribution in [0.25, 0.3) is 10.9 Å². The summed E-state index contributed by atoms with van der Waals surface area (Å²) in [6.45, 7) is 0. The van der Waals surface area contributed by atoms with Crippen LogP contribution in [0.15, 0.2) is 41.9 Å². The minimum absolute atomic E-state index is 0.136. The van der Waals surface area contributed by atoms with Crippen LogP contribution in [0.2, 0.25) is 0 Å². The van der Waals surface area contributed by atoms with Gasteiger partial charge in [0.15, 0.2) is 0 Å². The summed E-state index contributed by atoms with van der Waals surface area (Å²) >= 11 is 1.61. The standard InChI is InChI=1S/C24H25FN2O2S/c25-19-3-1-4-20-23(19)18(13-26-20)17(21-5-2-6-30-21)9-22(28)27-15-7-14-8-16(27)12-24(29,10-14)11-15/h1-6,13-17,26,29H,7-12H2. The molecule has 2 N–H and O–H groups in total. The largest absolute Gasteiger partial charge is 0.390 e. The number of hydrogen-bond acceptors (Lipinski definition) is 3. The van der Waals surface area contributed by atoms with Gasteiger partial charge in [-0.1, -0.05) is 12.1 Å². The van der Waals surface area contributed by atoms with Gasteiger partial charge in [0.1, 0.15) is 5.82 Å². The summed E-state index contributed by atoms with van der Waals surface area (Å²) in [6.07, 6.45) is 6.52. The van der Waals surface area contributed by atoms with Crippen molar-refractivity contribution in [3.63, 3.8) is 0 Å². The zero-order valence-corrected chi connectivity index (χ0v) is 17.5. The number of aromatic amines is 1. The highest BCUT2D eigenvalue weighted by Gasteiger charge is 2.55. The predicted molar refractivity (Wildman–Crippen MR) is 115 cm³/mol. The van der Waals surface area contributed by atoms with E-state index in [1.54, 1.807) is 17.4 Å². The maximum atomic E-state index is 14.7. The third-order valence-electron chi connectivity index (χ3n) is 7.51. The number of amides is 1. The van der Waals surface area contributed by atoms with Crippen LogP contribution in [-0.2, 0) is 4.79 Å². The number of hydrogen-bond donors (Lipinski definition) is 2. The van der Waals surface area contributed by atoms with Crippen LogP contribution in [0.3, 0.4) is 0 Å². The average molecular weight is 425 g/mol. The van der Waals surface area contributed by atoms with Gasteiger partial charge in [-0.2, -0.15) is 0 Å². The number of H-pyrrole nitrogens is 1. The van der Waals surface area contributed by atoms with E-state index in [-0.39, 0.29) is 29.7 Å². The molecule has 3 atom stereocenters. The number of rotatable bonds is 4. The maximum Gasteiger partial charge on any atom is 0.224 e. The number of nitrogens with zero attached hydrogens (tertiary/aromatic N) is 1.